The number of pyridine rings is 1. The van der Waals surface area contributed by atoms with Gasteiger partial charge in [0.15, 0.2) is 0 Å². The van der Waals surface area contributed by atoms with Gasteiger partial charge in [-0.1, -0.05) is 0 Å². The first-order chi connectivity index (χ1) is 16.5. The minimum absolute atomic E-state index is 0.0834. The van der Waals surface area contributed by atoms with E-state index < -0.39 is 0 Å². The van der Waals surface area contributed by atoms with Crippen molar-refractivity contribution in [2.24, 2.45) is 7.05 Å². The van der Waals surface area contributed by atoms with Crippen LogP contribution >= 0.6 is 0 Å². The standard InChI is InChI=1S/C21H24N8O2.CH2O2/c1-22-21-25-15-5-8-29(12-14(15)18(26-21)20(31)28-6-3-4-7-28)19(30)13-9-17-16(23-10-13)11-24-27(17)2;2-1-3/h9-11H,3-8,12H2,1-2H3,(H,22,25,26);1H,(H,2,3). The molecule has 0 atom stereocenters. The van der Waals surface area contributed by atoms with Gasteiger partial charge in [0.1, 0.15) is 11.2 Å². The van der Waals surface area contributed by atoms with E-state index in [9.17, 15) is 9.59 Å². The third-order valence-corrected chi connectivity index (χ3v) is 6.01. The third-order valence-electron chi connectivity index (χ3n) is 6.01. The maximum absolute atomic E-state index is 13.3. The largest absolute Gasteiger partial charge is 0.483 e. The fraction of sp³-hybridized carbons (Fsp3) is 0.409. The lowest BCUT2D eigenvalue weighted by Crippen LogP contribution is -2.39. The van der Waals surface area contributed by atoms with Gasteiger partial charge in [0.2, 0.25) is 5.95 Å². The summed E-state index contributed by atoms with van der Waals surface area (Å²) in [5.41, 5.74) is 4.01. The number of amides is 2. The van der Waals surface area contributed by atoms with Crippen LogP contribution in [-0.4, -0.2) is 84.6 Å². The number of fused-ring (bicyclic) bond motifs is 2. The maximum atomic E-state index is 13.3. The second-order valence-electron chi connectivity index (χ2n) is 8.05. The molecule has 3 aromatic rings. The average Bonchev–Trinajstić information content (AvgIpc) is 3.53. The SMILES string of the molecule is CNc1nc2c(c(C(=O)N3CCCC3)n1)CN(C(=O)c1cnc3cnn(C)c3c1)CC2.O=CO. The summed E-state index contributed by atoms with van der Waals surface area (Å²) in [4.78, 5) is 51.8. The summed E-state index contributed by atoms with van der Waals surface area (Å²) in [5, 5.41) is 14.0. The molecule has 0 spiro atoms. The lowest BCUT2D eigenvalue weighted by Gasteiger charge is -2.30. The number of aromatic nitrogens is 5. The van der Waals surface area contributed by atoms with Crippen LogP contribution < -0.4 is 5.32 Å². The molecule has 3 aromatic heterocycles. The zero-order valence-electron chi connectivity index (χ0n) is 19.1. The Morgan fingerprint density at radius 1 is 1.09 bits per heavy atom. The van der Waals surface area contributed by atoms with Crippen LogP contribution in [0.1, 0.15) is 44.9 Å². The number of nitrogens with zero attached hydrogens (tertiary/aromatic N) is 7. The van der Waals surface area contributed by atoms with Crippen LogP contribution in [0.15, 0.2) is 18.5 Å². The molecule has 12 nitrogen and oxygen atoms in total. The number of hydrogen-bond acceptors (Lipinski definition) is 8. The van der Waals surface area contributed by atoms with E-state index in [1.165, 1.54) is 0 Å². The Morgan fingerprint density at radius 2 is 1.82 bits per heavy atom. The van der Waals surface area contributed by atoms with Crippen LogP contribution in [0.25, 0.3) is 11.0 Å². The number of aryl methyl sites for hydroxylation is 1. The van der Waals surface area contributed by atoms with Gasteiger partial charge in [0.25, 0.3) is 18.3 Å². The van der Waals surface area contributed by atoms with Gasteiger partial charge in [0.05, 0.1) is 29.5 Å². The number of hydrogen-bond donors (Lipinski definition) is 2. The predicted molar refractivity (Wildman–Crippen MR) is 122 cm³/mol. The van der Waals surface area contributed by atoms with Crippen LogP contribution in [0.4, 0.5) is 5.95 Å². The molecular formula is C22H26N8O4. The summed E-state index contributed by atoms with van der Waals surface area (Å²) in [6, 6.07) is 1.81. The van der Waals surface area contributed by atoms with Crippen molar-refractivity contribution in [2.45, 2.75) is 25.8 Å². The monoisotopic (exact) mass is 466 g/mol. The van der Waals surface area contributed by atoms with Crippen molar-refractivity contribution in [3.63, 3.8) is 0 Å². The Kier molecular flexibility index (Phi) is 6.66. The molecule has 34 heavy (non-hydrogen) atoms. The first-order valence-corrected chi connectivity index (χ1v) is 11.0. The van der Waals surface area contributed by atoms with Crippen LogP contribution in [0, 0.1) is 0 Å². The van der Waals surface area contributed by atoms with Crippen LogP contribution in [-0.2, 0) is 24.8 Å². The number of nitrogens with one attached hydrogen (secondary N) is 1. The molecule has 0 saturated carbocycles. The molecule has 5 rings (SSSR count). The smallest absolute Gasteiger partial charge is 0.290 e. The van der Waals surface area contributed by atoms with Gasteiger partial charge in [-0.3, -0.25) is 24.0 Å². The molecular weight excluding hydrogens is 440 g/mol. The lowest BCUT2D eigenvalue weighted by atomic mass is 10.0. The van der Waals surface area contributed by atoms with E-state index in [4.69, 9.17) is 9.90 Å². The molecule has 2 amide bonds. The molecule has 2 N–H and O–H groups in total. The zero-order chi connectivity index (χ0) is 24.2. The molecule has 2 aliphatic heterocycles. The number of anilines is 1. The summed E-state index contributed by atoms with van der Waals surface area (Å²) >= 11 is 0. The van der Waals surface area contributed by atoms with Crippen molar-refractivity contribution in [1.82, 2.24) is 34.5 Å². The summed E-state index contributed by atoms with van der Waals surface area (Å²) in [6.45, 7) is 2.06. The molecule has 178 valence electrons. The Hall–Kier alpha value is -4.09. The van der Waals surface area contributed by atoms with Crippen molar-refractivity contribution in [3.05, 3.63) is 41.0 Å². The van der Waals surface area contributed by atoms with Gasteiger partial charge in [-0.25, -0.2) is 9.97 Å². The molecule has 5 heterocycles. The van der Waals surface area contributed by atoms with Crippen molar-refractivity contribution in [1.29, 1.82) is 0 Å². The highest BCUT2D eigenvalue weighted by molar-refractivity contribution is 5.98. The number of likely N-dealkylation sites (tertiary alicyclic amines) is 1. The summed E-state index contributed by atoms with van der Waals surface area (Å²) in [5.74, 6) is 0.227. The number of carboxylic acid groups (broad SMARTS) is 1. The molecule has 0 radical (unpaired) electrons. The summed E-state index contributed by atoms with van der Waals surface area (Å²) in [7, 11) is 3.56. The highest BCUT2D eigenvalue weighted by Gasteiger charge is 2.31. The molecule has 0 bridgehead atoms. The Labute approximate surface area is 195 Å². The van der Waals surface area contributed by atoms with Crippen LogP contribution in [0.3, 0.4) is 0 Å². The number of carbonyl (C=O) groups excluding carboxylic acids is 2. The highest BCUT2D eigenvalue weighted by Crippen LogP contribution is 2.25. The minimum Gasteiger partial charge on any atom is -0.483 e. The lowest BCUT2D eigenvalue weighted by molar-refractivity contribution is -0.122. The van der Waals surface area contributed by atoms with E-state index in [1.54, 1.807) is 29.0 Å². The number of carbonyl (C=O) groups is 3. The molecule has 12 heteroatoms. The molecule has 1 fully saturated rings. The topological polar surface area (TPSA) is 146 Å². The van der Waals surface area contributed by atoms with Gasteiger partial charge in [-0.2, -0.15) is 5.10 Å². The average molecular weight is 467 g/mol. The highest BCUT2D eigenvalue weighted by atomic mass is 16.3. The predicted octanol–water partition coefficient (Wildman–Crippen LogP) is 0.935. The van der Waals surface area contributed by atoms with E-state index in [0.717, 1.165) is 48.2 Å². The van der Waals surface area contributed by atoms with Crippen molar-refractivity contribution < 1.29 is 19.5 Å². The fourth-order valence-corrected chi connectivity index (χ4v) is 4.27. The first kappa shape index (κ1) is 23.1. The van der Waals surface area contributed by atoms with Crippen molar-refractivity contribution in [2.75, 3.05) is 32.0 Å². The van der Waals surface area contributed by atoms with Crippen molar-refractivity contribution >= 4 is 35.3 Å². The quantitative estimate of drug-likeness (QED) is 0.538. The Bertz CT molecular complexity index is 1240. The first-order valence-electron chi connectivity index (χ1n) is 11.0. The van der Waals surface area contributed by atoms with Gasteiger partial charge < -0.3 is 20.2 Å². The molecule has 0 aromatic carbocycles. The van der Waals surface area contributed by atoms with Gasteiger partial charge >= 0.3 is 0 Å². The number of rotatable bonds is 3. The van der Waals surface area contributed by atoms with E-state index in [-0.39, 0.29) is 18.3 Å². The molecule has 0 aliphatic carbocycles. The van der Waals surface area contributed by atoms with Gasteiger partial charge in [-0.15, -0.1) is 0 Å². The Morgan fingerprint density at radius 3 is 2.53 bits per heavy atom. The fourth-order valence-electron chi connectivity index (χ4n) is 4.27. The molecule has 2 aliphatic rings. The maximum Gasteiger partial charge on any atom is 0.290 e. The van der Waals surface area contributed by atoms with E-state index in [1.807, 2.05) is 18.0 Å². The van der Waals surface area contributed by atoms with Gasteiger partial charge in [-0.05, 0) is 18.9 Å². The van der Waals surface area contributed by atoms with Crippen LogP contribution in [0.5, 0.6) is 0 Å². The molecule has 0 unspecified atom stereocenters. The molecule has 1 saturated heterocycles. The second-order valence-corrected chi connectivity index (χ2v) is 8.05. The van der Waals surface area contributed by atoms with E-state index in [0.29, 0.717) is 36.7 Å². The van der Waals surface area contributed by atoms with E-state index >= 15 is 0 Å². The zero-order valence-corrected chi connectivity index (χ0v) is 19.1. The minimum atomic E-state index is -0.250. The van der Waals surface area contributed by atoms with Crippen molar-refractivity contribution in [3.8, 4) is 0 Å². The second kappa shape index (κ2) is 9.81. The normalized spacial score (nSPS) is 14.9. The van der Waals surface area contributed by atoms with Gasteiger partial charge in [0, 0.05) is 51.9 Å². The summed E-state index contributed by atoms with van der Waals surface area (Å²) < 4.78 is 1.70. The Balaban J connectivity index is 0.000000868. The van der Waals surface area contributed by atoms with Crippen LogP contribution in [0.2, 0.25) is 0 Å². The summed E-state index contributed by atoms with van der Waals surface area (Å²) in [6.07, 6.45) is 5.84. The van der Waals surface area contributed by atoms with E-state index in [2.05, 4.69) is 25.4 Å². The third kappa shape index (κ3) is 4.38.